The second-order valence-electron chi connectivity index (χ2n) is 6.78. The average molecular weight is 515 g/mol. The summed E-state index contributed by atoms with van der Waals surface area (Å²) in [6.45, 7) is 6.52. The molecular formula is C20H30IN5OS. The van der Waals surface area contributed by atoms with Crippen LogP contribution in [0, 0.1) is 6.92 Å². The summed E-state index contributed by atoms with van der Waals surface area (Å²) in [7, 11) is 1.84. The predicted octanol–water partition coefficient (Wildman–Crippen LogP) is 3.50. The van der Waals surface area contributed by atoms with Crippen molar-refractivity contribution in [1.29, 1.82) is 0 Å². The molecule has 1 aromatic heterocycles. The number of unbranched alkanes of at least 4 members (excludes halogenated alkanes) is 1. The smallest absolute Gasteiger partial charge is 0.193 e. The first kappa shape index (κ1) is 22.7. The Bertz CT molecular complexity index is 759. The van der Waals surface area contributed by atoms with Crippen molar-refractivity contribution in [2.45, 2.75) is 26.2 Å². The highest BCUT2D eigenvalue weighted by Gasteiger charge is 2.21. The van der Waals surface area contributed by atoms with Crippen LogP contribution in [0.5, 0.6) is 5.75 Å². The molecule has 0 bridgehead atoms. The van der Waals surface area contributed by atoms with E-state index in [4.69, 9.17) is 0 Å². The maximum atomic E-state index is 10.0. The van der Waals surface area contributed by atoms with Crippen LogP contribution in [0.15, 0.2) is 34.6 Å². The van der Waals surface area contributed by atoms with Crippen LogP contribution in [0.2, 0.25) is 0 Å². The van der Waals surface area contributed by atoms with Crippen LogP contribution >= 0.6 is 35.3 Å². The number of aryl methyl sites for hydroxylation is 2. The van der Waals surface area contributed by atoms with E-state index in [1.54, 1.807) is 17.4 Å². The highest BCUT2D eigenvalue weighted by atomic mass is 127. The normalized spacial score (nSPS) is 14.7. The molecule has 2 N–H and O–H groups in total. The van der Waals surface area contributed by atoms with Crippen molar-refractivity contribution >= 4 is 47.0 Å². The van der Waals surface area contributed by atoms with E-state index in [0.29, 0.717) is 5.75 Å². The monoisotopic (exact) mass is 515 g/mol. The molecule has 2 aromatic rings. The molecule has 1 aliphatic rings. The van der Waals surface area contributed by atoms with Gasteiger partial charge in [0.25, 0.3) is 0 Å². The van der Waals surface area contributed by atoms with Gasteiger partial charge in [0.15, 0.2) is 5.96 Å². The number of nitrogens with zero attached hydrogens (tertiary/aromatic N) is 4. The molecule has 2 heterocycles. The Morgan fingerprint density at radius 1 is 1.21 bits per heavy atom. The number of aromatic hydroxyl groups is 1. The van der Waals surface area contributed by atoms with Gasteiger partial charge in [-0.05, 0) is 38.3 Å². The zero-order valence-electron chi connectivity index (χ0n) is 16.6. The first-order chi connectivity index (χ1) is 13.2. The number of hydrogen-bond acceptors (Lipinski definition) is 5. The largest absolute Gasteiger partial charge is 0.506 e. The van der Waals surface area contributed by atoms with E-state index < -0.39 is 0 Å². The third kappa shape index (κ3) is 6.23. The summed E-state index contributed by atoms with van der Waals surface area (Å²) in [5.41, 5.74) is 2.04. The van der Waals surface area contributed by atoms with E-state index in [2.05, 4.69) is 30.5 Å². The zero-order valence-corrected chi connectivity index (χ0v) is 19.7. The van der Waals surface area contributed by atoms with Gasteiger partial charge in [-0.25, -0.2) is 4.98 Å². The van der Waals surface area contributed by atoms with Crippen LogP contribution in [0.4, 0.5) is 5.69 Å². The fourth-order valence-corrected chi connectivity index (χ4v) is 4.16. The number of benzene rings is 1. The molecule has 1 aliphatic heterocycles. The fourth-order valence-electron chi connectivity index (χ4n) is 3.34. The molecule has 1 fully saturated rings. The van der Waals surface area contributed by atoms with E-state index in [-0.39, 0.29) is 24.0 Å². The minimum absolute atomic E-state index is 0. The lowest BCUT2D eigenvalue weighted by molar-refractivity contribution is 0.369. The highest BCUT2D eigenvalue weighted by Crippen LogP contribution is 2.27. The third-order valence-electron chi connectivity index (χ3n) is 4.78. The average Bonchev–Trinajstić information content (AvgIpc) is 3.10. The number of rotatable bonds is 6. The number of phenolic OH excluding ortho intramolecular Hbond substituents is 1. The van der Waals surface area contributed by atoms with Gasteiger partial charge in [0.05, 0.1) is 10.7 Å². The minimum Gasteiger partial charge on any atom is -0.506 e. The maximum absolute atomic E-state index is 10.0. The minimum atomic E-state index is 0. The topological polar surface area (TPSA) is 64.0 Å². The molecule has 154 valence electrons. The number of aromatic nitrogens is 1. The van der Waals surface area contributed by atoms with Crippen molar-refractivity contribution in [1.82, 2.24) is 15.2 Å². The number of phenols is 1. The second kappa shape index (κ2) is 11.5. The Kier molecular flexibility index (Phi) is 9.30. The summed E-state index contributed by atoms with van der Waals surface area (Å²) < 4.78 is 0. The fraction of sp³-hybridized carbons (Fsp3) is 0.500. The molecular weight excluding hydrogens is 485 g/mol. The van der Waals surface area contributed by atoms with Gasteiger partial charge in [0, 0.05) is 50.8 Å². The van der Waals surface area contributed by atoms with Crippen molar-refractivity contribution in [3.63, 3.8) is 0 Å². The van der Waals surface area contributed by atoms with Gasteiger partial charge < -0.3 is 20.2 Å². The Morgan fingerprint density at radius 2 is 1.96 bits per heavy atom. The van der Waals surface area contributed by atoms with Crippen molar-refractivity contribution in [2.24, 2.45) is 4.99 Å². The van der Waals surface area contributed by atoms with E-state index in [9.17, 15) is 5.11 Å². The van der Waals surface area contributed by atoms with Gasteiger partial charge in [0.2, 0.25) is 0 Å². The van der Waals surface area contributed by atoms with Gasteiger partial charge in [-0.1, -0.05) is 12.1 Å². The lowest BCUT2D eigenvalue weighted by Crippen LogP contribution is -2.52. The molecule has 0 unspecified atom stereocenters. The Morgan fingerprint density at radius 3 is 2.61 bits per heavy atom. The van der Waals surface area contributed by atoms with Crippen LogP contribution < -0.4 is 10.2 Å². The van der Waals surface area contributed by atoms with Crippen molar-refractivity contribution in [3.8, 4) is 5.75 Å². The van der Waals surface area contributed by atoms with Crippen LogP contribution in [0.3, 0.4) is 0 Å². The summed E-state index contributed by atoms with van der Waals surface area (Å²) >= 11 is 1.75. The van der Waals surface area contributed by atoms with Gasteiger partial charge in [-0.2, -0.15) is 0 Å². The number of thiazole rings is 1. The molecule has 8 heteroatoms. The summed E-state index contributed by atoms with van der Waals surface area (Å²) in [6.07, 6.45) is 3.30. The zero-order chi connectivity index (χ0) is 19.1. The van der Waals surface area contributed by atoms with Crippen molar-refractivity contribution < 1.29 is 5.11 Å². The molecule has 6 nitrogen and oxygen atoms in total. The lowest BCUT2D eigenvalue weighted by atomic mass is 10.2. The standard InChI is InChI=1S/C20H29N5OS.HI/c1-16-15-27-19(23-16)9-5-6-10-22-20(21-2)25-13-11-24(12-14-25)17-7-3-4-8-18(17)26;/h3-4,7-8,15,26H,5-6,9-14H2,1-2H3,(H,21,22);1H. The quantitative estimate of drug-likeness (QED) is 0.267. The van der Waals surface area contributed by atoms with Crippen LogP contribution in [-0.4, -0.2) is 60.7 Å². The number of aliphatic imine (C=N–C) groups is 1. The lowest BCUT2D eigenvalue weighted by Gasteiger charge is -2.37. The number of piperazine rings is 1. The van der Waals surface area contributed by atoms with Crippen LogP contribution in [0.25, 0.3) is 0 Å². The molecule has 0 radical (unpaired) electrons. The van der Waals surface area contributed by atoms with E-state index >= 15 is 0 Å². The number of para-hydroxylation sites is 2. The molecule has 1 saturated heterocycles. The molecule has 0 amide bonds. The molecule has 3 rings (SSSR count). The highest BCUT2D eigenvalue weighted by molar-refractivity contribution is 14.0. The molecule has 0 atom stereocenters. The van der Waals surface area contributed by atoms with Gasteiger partial charge in [-0.15, -0.1) is 35.3 Å². The Labute approximate surface area is 188 Å². The number of hydrogen-bond donors (Lipinski definition) is 2. The van der Waals surface area contributed by atoms with Gasteiger partial charge in [0.1, 0.15) is 5.75 Å². The maximum Gasteiger partial charge on any atom is 0.193 e. The molecule has 0 aliphatic carbocycles. The van der Waals surface area contributed by atoms with Crippen LogP contribution in [-0.2, 0) is 6.42 Å². The summed E-state index contributed by atoms with van der Waals surface area (Å²) in [4.78, 5) is 13.5. The van der Waals surface area contributed by atoms with E-state index in [0.717, 1.165) is 69.3 Å². The molecule has 0 saturated carbocycles. The molecule has 28 heavy (non-hydrogen) atoms. The number of halogens is 1. The second-order valence-corrected chi connectivity index (χ2v) is 7.72. The SMILES string of the molecule is CN=C(NCCCCc1nc(C)cs1)N1CCN(c2ccccc2O)CC1.I. The summed E-state index contributed by atoms with van der Waals surface area (Å²) in [5.74, 6) is 1.32. The first-order valence-corrected chi connectivity index (χ1v) is 10.4. The van der Waals surface area contributed by atoms with Crippen LogP contribution in [0.1, 0.15) is 23.5 Å². The molecule has 0 spiro atoms. The summed E-state index contributed by atoms with van der Waals surface area (Å²) in [6, 6.07) is 7.54. The number of guanidine groups is 1. The third-order valence-corrected chi connectivity index (χ3v) is 5.81. The van der Waals surface area contributed by atoms with E-state index in [1.165, 1.54) is 5.01 Å². The van der Waals surface area contributed by atoms with Crippen molar-refractivity contribution in [2.75, 3.05) is 44.7 Å². The van der Waals surface area contributed by atoms with Crippen molar-refractivity contribution in [3.05, 3.63) is 40.3 Å². The predicted molar refractivity (Wildman–Crippen MR) is 128 cm³/mol. The van der Waals surface area contributed by atoms with Gasteiger partial charge >= 0.3 is 0 Å². The molecule has 1 aromatic carbocycles. The first-order valence-electron chi connectivity index (χ1n) is 9.57. The number of anilines is 1. The Hall–Kier alpha value is -1.55. The van der Waals surface area contributed by atoms with Gasteiger partial charge in [-0.3, -0.25) is 4.99 Å². The Balaban J connectivity index is 0.00000280. The van der Waals surface area contributed by atoms with E-state index in [1.807, 2.05) is 32.2 Å². The number of nitrogens with one attached hydrogen (secondary N) is 1. The summed E-state index contributed by atoms with van der Waals surface area (Å²) in [5, 5.41) is 16.9.